The first-order valence-electron chi connectivity index (χ1n) is 7.46. The predicted octanol–water partition coefficient (Wildman–Crippen LogP) is 5.66. The lowest BCUT2D eigenvalue weighted by atomic mass is 10.0. The first kappa shape index (κ1) is 16.1. The first-order valence-corrected chi connectivity index (χ1v) is 7.46. The van der Waals surface area contributed by atoms with Gasteiger partial charge in [0.15, 0.2) is 17.5 Å². The van der Waals surface area contributed by atoms with Gasteiger partial charge in [0.05, 0.1) is 0 Å². The fraction of sp³-hybridized carbons (Fsp3) is 0.100. The maximum atomic E-state index is 13.1. The van der Waals surface area contributed by atoms with Crippen LogP contribution < -0.4 is 4.74 Å². The van der Waals surface area contributed by atoms with Crippen molar-refractivity contribution in [2.24, 2.45) is 0 Å². The van der Waals surface area contributed by atoms with Crippen LogP contribution in [0, 0.1) is 24.4 Å². The third kappa shape index (κ3) is 3.59. The van der Waals surface area contributed by atoms with Gasteiger partial charge in [-0.1, -0.05) is 54.1 Å². The molecule has 0 unspecified atom stereocenters. The highest BCUT2D eigenvalue weighted by Crippen LogP contribution is 2.22. The summed E-state index contributed by atoms with van der Waals surface area (Å²) in [5.74, 6) is -4.07. The minimum atomic E-state index is -1.50. The van der Waals surface area contributed by atoms with E-state index in [-0.39, 0.29) is 12.4 Å². The summed E-state index contributed by atoms with van der Waals surface area (Å²) in [7, 11) is 0. The smallest absolute Gasteiger partial charge is 0.194 e. The van der Waals surface area contributed by atoms with Crippen LogP contribution in [-0.4, -0.2) is 0 Å². The zero-order chi connectivity index (χ0) is 17.1. The number of aryl methyl sites for hydroxylation is 1. The van der Waals surface area contributed by atoms with Crippen molar-refractivity contribution in [3.8, 4) is 16.9 Å². The molecule has 0 bridgehead atoms. The van der Waals surface area contributed by atoms with E-state index in [1.165, 1.54) is 5.56 Å². The van der Waals surface area contributed by atoms with Crippen molar-refractivity contribution in [3.63, 3.8) is 0 Å². The Morgan fingerprint density at radius 1 is 0.750 bits per heavy atom. The highest BCUT2D eigenvalue weighted by Gasteiger charge is 2.11. The van der Waals surface area contributed by atoms with Crippen LogP contribution in [0.1, 0.15) is 11.1 Å². The van der Waals surface area contributed by atoms with Gasteiger partial charge in [0.2, 0.25) is 0 Å². The number of hydrogen-bond acceptors (Lipinski definition) is 1. The van der Waals surface area contributed by atoms with Gasteiger partial charge in [0.1, 0.15) is 12.4 Å². The largest absolute Gasteiger partial charge is 0.489 e. The molecule has 4 heteroatoms. The van der Waals surface area contributed by atoms with Crippen LogP contribution >= 0.6 is 0 Å². The number of halogens is 3. The fourth-order valence-electron chi connectivity index (χ4n) is 2.32. The summed E-state index contributed by atoms with van der Waals surface area (Å²) < 4.78 is 44.5. The van der Waals surface area contributed by atoms with Crippen LogP contribution in [-0.2, 0) is 6.61 Å². The molecule has 0 aliphatic heterocycles. The molecule has 0 fully saturated rings. The second-order valence-electron chi connectivity index (χ2n) is 5.55. The summed E-state index contributed by atoms with van der Waals surface area (Å²) in [6.45, 7) is 2.17. The van der Waals surface area contributed by atoms with E-state index in [1.54, 1.807) is 0 Å². The van der Waals surface area contributed by atoms with Crippen LogP contribution in [0.4, 0.5) is 13.2 Å². The van der Waals surface area contributed by atoms with E-state index < -0.39 is 17.5 Å². The van der Waals surface area contributed by atoms with Crippen molar-refractivity contribution in [2.75, 3.05) is 0 Å². The third-order valence-electron chi connectivity index (χ3n) is 3.70. The Morgan fingerprint density at radius 3 is 1.79 bits per heavy atom. The van der Waals surface area contributed by atoms with Gasteiger partial charge in [-0.15, -0.1) is 0 Å². The zero-order valence-electron chi connectivity index (χ0n) is 13.0. The highest BCUT2D eigenvalue weighted by atomic mass is 19.2. The Hall–Kier alpha value is -2.75. The molecule has 3 aromatic carbocycles. The Balaban J connectivity index is 1.69. The number of rotatable bonds is 4. The van der Waals surface area contributed by atoms with Gasteiger partial charge in [0, 0.05) is 12.1 Å². The van der Waals surface area contributed by atoms with Gasteiger partial charge >= 0.3 is 0 Å². The van der Waals surface area contributed by atoms with Crippen molar-refractivity contribution in [2.45, 2.75) is 13.5 Å². The Kier molecular flexibility index (Phi) is 4.56. The van der Waals surface area contributed by atoms with E-state index in [0.29, 0.717) is 0 Å². The molecular weight excluding hydrogens is 313 g/mol. The van der Waals surface area contributed by atoms with Crippen molar-refractivity contribution in [1.82, 2.24) is 0 Å². The zero-order valence-corrected chi connectivity index (χ0v) is 13.0. The van der Waals surface area contributed by atoms with Gasteiger partial charge in [-0.25, -0.2) is 13.2 Å². The lowest BCUT2D eigenvalue weighted by molar-refractivity contribution is 0.299. The van der Waals surface area contributed by atoms with Crippen molar-refractivity contribution < 1.29 is 17.9 Å². The molecular formula is C20H15F3O. The van der Waals surface area contributed by atoms with E-state index in [0.717, 1.165) is 28.8 Å². The SMILES string of the molecule is Cc1ccc(-c2ccc(COc3cc(F)c(F)c(F)c3)cc2)cc1. The van der Waals surface area contributed by atoms with E-state index in [2.05, 4.69) is 0 Å². The van der Waals surface area contributed by atoms with E-state index >= 15 is 0 Å². The highest BCUT2D eigenvalue weighted by molar-refractivity contribution is 5.63. The molecule has 1 nitrogen and oxygen atoms in total. The standard InChI is InChI=1S/C20H15F3O/c1-13-2-6-15(7-3-13)16-8-4-14(5-9-16)12-24-17-10-18(21)20(23)19(22)11-17/h2-11H,12H2,1H3. The van der Waals surface area contributed by atoms with Crippen LogP contribution in [0.5, 0.6) is 5.75 Å². The lowest BCUT2D eigenvalue weighted by Gasteiger charge is -2.08. The minimum Gasteiger partial charge on any atom is -0.489 e. The molecule has 0 saturated carbocycles. The number of hydrogen-bond donors (Lipinski definition) is 0. The maximum Gasteiger partial charge on any atom is 0.194 e. The van der Waals surface area contributed by atoms with E-state index in [4.69, 9.17) is 4.74 Å². The van der Waals surface area contributed by atoms with Gasteiger partial charge in [-0.05, 0) is 23.6 Å². The monoisotopic (exact) mass is 328 g/mol. The molecule has 122 valence electrons. The molecule has 0 radical (unpaired) electrons. The number of ether oxygens (including phenoxy) is 1. The molecule has 0 N–H and O–H groups in total. The average Bonchev–Trinajstić information content (AvgIpc) is 2.59. The fourth-order valence-corrected chi connectivity index (χ4v) is 2.32. The van der Waals surface area contributed by atoms with E-state index in [9.17, 15) is 13.2 Å². The Bertz CT molecular complexity index is 817. The molecule has 0 aromatic heterocycles. The van der Waals surface area contributed by atoms with Crippen molar-refractivity contribution in [3.05, 3.63) is 89.2 Å². The van der Waals surface area contributed by atoms with E-state index in [1.807, 2.05) is 55.5 Å². The van der Waals surface area contributed by atoms with Gasteiger partial charge in [0.25, 0.3) is 0 Å². The summed E-state index contributed by atoms with van der Waals surface area (Å²) in [5, 5.41) is 0. The molecule has 0 aliphatic carbocycles. The van der Waals surface area contributed by atoms with Gasteiger partial charge in [-0.3, -0.25) is 0 Å². The molecule has 0 amide bonds. The van der Waals surface area contributed by atoms with Crippen LogP contribution in [0.15, 0.2) is 60.7 Å². The second-order valence-corrected chi connectivity index (χ2v) is 5.55. The molecule has 3 rings (SSSR count). The summed E-state index contributed by atoms with van der Waals surface area (Å²) >= 11 is 0. The van der Waals surface area contributed by atoms with Gasteiger partial charge < -0.3 is 4.74 Å². The molecule has 0 saturated heterocycles. The maximum absolute atomic E-state index is 13.1. The molecule has 0 heterocycles. The van der Waals surface area contributed by atoms with Gasteiger partial charge in [-0.2, -0.15) is 0 Å². The minimum absolute atomic E-state index is 0.0472. The lowest BCUT2D eigenvalue weighted by Crippen LogP contribution is -1.98. The second kappa shape index (κ2) is 6.79. The Labute approximate surface area is 138 Å². The molecule has 0 aliphatic rings. The van der Waals surface area contributed by atoms with Crippen LogP contribution in [0.3, 0.4) is 0 Å². The molecule has 0 atom stereocenters. The third-order valence-corrected chi connectivity index (χ3v) is 3.70. The topological polar surface area (TPSA) is 9.23 Å². The average molecular weight is 328 g/mol. The molecule has 3 aromatic rings. The Morgan fingerprint density at radius 2 is 1.25 bits per heavy atom. The predicted molar refractivity (Wildman–Crippen MR) is 87.3 cm³/mol. The summed E-state index contributed by atoms with van der Waals surface area (Å²) in [4.78, 5) is 0. The summed E-state index contributed by atoms with van der Waals surface area (Å²) in [6.07, 6.45) is 0. The van der Waals surface area contributed by atoms with Crippen LogP contribution in [0.2, 0.25) is 0 Å². The molecule has 24 heavy (non-hydrogen) atoms. The van der Waals surface area contributed by atoms with Crippen molar-refractivity contribution >= 4 is 0 Å². The number of benzene rings is 3. The normalized spacial score (nSPS) is 10.7. The quantitative estimate of drug-likeness (QED) is 0.562. The summed E-state index contributed by atoms with van der Waals surface area (Å²) in [6, 6.07) is 17.5. The van der Waals surface area contributed by atoms with Crippen molar-refractivity contribution in [1.29, 1.82) is 0 Å². The molecule has 0 spiro atoms. The van der Waals surface area contributed by atoms with Crippen LogP contribution in [0.25, 0.3) is 11.1 Å². The summed E-state index contributed by atoms with van der Waals surface area (Å²) in [5.41, 5.74) is 4.21. The first-order chi connectivity index (χ1) is 11.5.